The van der Waals surface area contributed by atoms with Crippen molar-refractivity contribution in [2.75, 3.05) is 6.61 Å². The average Bonchev–Trinajstić information content (AvgIpc) is 3.12. The fourth-order valence-corrected chi connectivity index (χ4v) is 11.0. The number of hydrogen-bond acceptors (Lipinski definition) is 6. The first-order chi connectivity index (χ1) is 24.9. The van der Waals surface area contributed by atoms with Gasteiger partial charge < -0.3 is 18.6 Å². The van der Waals surface area contributed by atoms with Crippen molar-refractivity contribution < 1.29 is 23.4 Å². The van der Waals surface area contributed by atoms with E-state index in [9.17, 15) is 9.59 Å². The largest absolute Gasteiger partial charge is 0.482 e. The quantitative estimate of drug-likeness (QED) is 0.146. The monoisotopic (exact) mass is 708 g/mol. The number of benzene rings is 2. The van der Waals surface area contributed by atoms with Crippen LogP contribution in [0.2, 0.25) is 0 Å². The highest BCUT2D eigenvalue weighted by molar-refractivity contribution is 5.80. The van der Waals surface area contributed by atoms with Crippen molar-refractivity contribution >= 4 is 16.9 Å². The number of ether oxygens (including phenoxy) is 3. The fourth-order valence-electron chi connectivity index (χ4n) is 11.0. The Morgan fingerprint density at radius 3 is 2.54 bits per heavy atom. The van der Waals surface area contributed by atoms with Crippen LogP contribution in [-0.2, 0) is 9.53 Å². The number of para-hydroxylation sites is 1. The molecule has 0 unspecified atom stereocenters. The standard InChI is InChI=1S/C46H60O6/c1-29(2)11-10-12-30(3)32-15-20-39-37-18-16-33-25-36(21-24-46(33,6)40(37)22-23-45(39,5)27-32)51-42(47)28-49-35-17-19-38-41(26-35)50-31(4)44(43(38)48)52-34-13-8-7-9-14-34/h7-9,13-14,16-17,19,26,29-30,32,36-37,39-40H,10-12,15,18,20-25,27-28H2,1-6H3/t30-,32+,36-,37-,39+,40-,45-,46+/m1/s1. The lowest BCUT2D eigenvalue weighted by molar-refractivity contribution is -0.154. The molecule has 0 N–H and O–H groups in total. The zero-order valence-electron chi connectivity index (χ0n) is 32.4. The van der Waals surface area contributed by atoms with Crippen LogP contribution in [0.5, 0.6) is 17.2 Å². The Balaban J connectivity index is 0.933. The lowest BCUT2D eigenvalue weighted by Crippen LogP contribution is -2.52. The van der Waals surface area contributed by atoms with E-state index in [0.717, 1.165) is 54.8 Å². The number of aryl methyl sites for hydroxylation is 1. The second kappa shape index (κ2) is 15.1. The zero-order chi connectivity index (χ0) is 36.6. The third kappa shape index (κ3) is 7.46. The predicted molar refractivity (Wildman–Crippen MR) is 207 cm³/mol. The van der Waals surface area contributed by atoms with Crippen LogP contribution < -0.4 is 14.9 Å². The molecule has 1 heterocycles. The minimum Gasteiger partial charge on any atom is -0.482 e. The van der Waals surface area contributed by atoms with E-state index in [1.807, 2.05) is 18.2 Å². The molecule has 0 amide bonds. The van der Waals surface area contributed by atoms with E-state index in [0.29, 0.717) is 33.6 Å². The molecule has 4 aliphatic carbocycles. The molecule has 52 heavy (non-hydrogen) atoms. The van der Waals surface area contributed by atoms with Crippen molar-refractivity contribution in [3.8, 4) is 17.2 Å². The number of rotatable bonds is 11. The minimum absolute atomic E-state index is 0.117. The summed E-state index contributed by atoms with van der Waals surface area (Å²) in [5.74, 6) is 6.09. The van der Waals surface area contributed by atoms with E-state index in [2.05, 4.69) is 40.7 Å². The highest BCUT2D eigenvalue weighted by atomic mass is 16.6. The van der Waals surface area contributed by atoms with E-state index in [1.54, 1.807) is 37.3 Å². The van der Waals surface area contributed by atoms with Gasteiger partial charge in [0, 0.05) is 12.5 Å². The smallest absolute Gasteiger partial charge is 0.344 e. The van der Waals surface area contributed by atoms with E-state index in [4.69, 9.17) is 18.6 Å². The molecule has 0 saturated heterocycles. The third-order valence-corrected chi connectivity index (χ3v) is 14.0. The SMILES string of the molecule is Cc1oc2cc(OCC(=O)O[C@@H]3CC[C@@]4(C)C(=CC[C@H]5[C@H]4CC[C@]4(C)C[C@@H]([C@H](C)CCCC(C)C)CC[C@@H]54)C3)ccc2c(=O)c1Oc1ccccc1. The van der Waals surface area contributed by atoms with Gasteiger partial charge in [-0.05, 0) is 129 Å². The molecule has 2 aromatic carbocycles. The van der Waals surface area contributed by atoms with Crippen molar-refractivity contribution in [2.24, 2.45) is 46.3 Å². The van der Waals surface area contributed by atoms with Gasteiger partial charge in [0.2, 0.25) is 11.2 Å². The maximum Gasteiger partial charge on any atom is 0.344 e. The van der Waals surface area contributed by atoms with Crippen molar-refractivity contribution in [3.05, 3.63) is 76.2 Å². The molecule has 3 fully saturated rings. The topological polar surface area (TPSA) is 75.0 Å². The van der Waals surface area contributed by atoms with Gasteiger partial charge in [-0.25, -0.2) is 4.79 Å². The van der Waals surface area contributed by atoms with Crippen LogP contribution in [0.15, 0.2) is 69.4 Å². The first-order valence-corrected chi connectivity index (χ1v) is 20.3. The minimum atomic E-state index is -0.365. The van der Waals surface area contributed by atoms with Gasteiger partial charge in [-0.15, -0.1) is 0 Å². The lowest BCUT2D eigenvalue weighted by Gasteiger charge is -2.61. The van der Waals surface area contributed by atoms with Crippen LogP contribution in [0.4, 0.5) is 0 Å². The number of esters is 1. The molecule has 1 aromatic heterocycles. The van der Waals surface area contributed by atoms with E-state index < -0.39 is 0 Å². The van der Waals surface area contributed by atoms with Crippen molar-refractivity contribution in [3.63, 3.8) is 0 Å². The van der Waals surface area contributed by atoms with Gasteiger partial charge in [0.25, 0.3) is 0 Å². The average molecular weight is 709 g/mol. The molecule has 6 heteroatoms. The summed E-state index contributed by atoms with van der Waals surface area (Å²) in [6.07, 6.45) is 17.5. The van der Waals surface area contributed by atoms with Gasteiger partial charge in [0.15, 0.2) is 6.61 Å². The summed E-state index contributed by atoms with van der Waals surface area (Å²) in [6, 6.07) is 14.1. The summed E-state index contributed by atoms with van der Waals surface area (Å²) in [5, 5.41) is 0.386. The number of carbonyl (C=O) groups is 1. The van der Waals surface area contributed by atoms with Gasteiger partial charge in [0.1, 0.15) is 28.9 Å². The molecule has 4 aliphatic rings. The van der Waals surface area contributed by atoms with E-state index in [-0.39, 0.29) is 35.3 Å². The molecule has 0 aliphatic heterocycles. The summed E-state index contributed by atoms with van der Waals surface area (Å²) in [7, 11) is 0. The van der Waals surface area contributed by atoms with Gasteiger partial charge in [-0.2, -0.15) is 0 Å². The van der Waals surface area contributed by atoms with Gasteiger partial charge in [0.05, 0.1) is 5.39 Å². The zero-order valence-corrected chi connectivity index (χ0v) is 32.4. The van der Waals surface area contributed by atoms with Crippen LogP contribution in [0.3, 0.4) is 0 Å². The number of fused-ring (bicyclic) bond motifs is 6. The Kier molecular flexibility index (Phi) is 10.7. The van der Waals surface area contributed by atoms with Crippen LogP contribution in [0.1, 0.15) is 117 Å². The summed E-state index contributed by atoms with van der Waals surface area (Å²) < 4.78 is 23.7. The molecular formula is C46H60O6. The Bertz CT molecular complexity index is 1820. The molecule has 0 radical (unpaired) electrons. The summed E-state index contributed by atoms with van der Waals surface area (Å²) in [4.78, 5) is 26.2. The van der Waals surface area contributed by atoms with Gasteiger partial charge in [-0.1, -0.05) is 83.7 Å². The first kappa shape index (κ1) is 36.8. The number of carbonyl (C=O) groups excluding carboxylic acids is 1. The van der Waals surface area contributed by atoms with Gasteiger partial charge in [-0.3, -0.25) is 4.79 Å². The molecule has 6 nitrogen and oxygen atoms in total. The molecule has 0 spiro atoms. The summed E-state index contributed by atoms with van der Waals surface area (Å²) >= 11 is 0. The van der Waals surface area contributed by atoms with Crippen LogP contribution >= 0.6 is 0 Å². The second-order valence-electron chi connectivity index (χ2n) is 17.8. The summed E-state index contributed by atoms with van der Waals surface area (Å²) in [6.45, 7) is 13.9. The molecule has 3 aromatic rings. The van der Waals surface area contributed by atoms with Crippen molar-refractivity contribution in [1.82, 2.24) is 0 Å². The predicted octanol–water partition coefficient (Wildman–Crippen LogP) is 11.6. The van der Waals surface area contributed by atoms with E-state index >= 15 is 0 Å². The Morgan fingerprint density at radius 1 is 0.942 bits per heavy atom. The Hall–Kier alpha value is -3.54. The van der Waals surface area contributed by atoms with Crippen molar-refractivity contribution in [2.45, 2.75) is 125 Å². The first-order valence-electron chi connectivity index (χ1n) is 20.3. The maximum atomic E-state index is 13.2. The molecular weight excluding hydrogens is 649 g/mol. The summed E-state index contributed by atoms with van der Waals surface area (Å²) in [5.41, 5.74) is 2.34. The molecule has 3 saturated carbocycles. The number of hydrogen-bond donors (Lipinski definition) is 0. The third-order valence-electron chi connectivity index (χ3n) is 14.0. The van der Waals surface area contributed by atoms with E-state index in [1.165, 1.54) is 63.4 Å². The number of allylic oxidation sites excluding steroid dienone is 1. The van der Waals surface area contributed by atoms with Gasteiger partial charge >= 0.3 is 5.97 Å². The van der Waals surface area contributed by atoms with Crippen molar-refractivity contribution in [1.29, 1.82) is 0 Å². The molecule has 280 valence electrons. The van der Waals surface area contributed by atoms with Crippen LogP contribution in [0.25, 0.3) is 11.0 Å². The highest BCUT2D eigenvalue weighted by Crippen LogP contribution is 2.65. The molecule has 0 bridgehead atoms. The molecule has 8 atom stereocenters. The highest BCUT2D eigenvalue weighted by Gasteiger charge is 2.56. The fraction of sp³-hybridized carbons (Fsp3) is 0.609. The van der Waals surface area contributed by atoms with Crippen LogP contribution in [0, 0.1) is 53.3 Å². The van der Waals surface area contributed by atoms with Crippen LogP contribution in [-0.4, -0.2) is 18.7 Å². The second-order valence-corrected chi connectivity index (χ2v) is 17.8. The molecule has 7 rings (SSSR count). The lowest BCUT2D eigenvalue weighted by atomic mass is 9.44. The normalized spacial score (nSPS) is 30.4. The Morgan fingerprint density at radius 2 is 1.75 bits per heavy atom. The maximum absolute atomic E-state index is 13.2. The Labute approximate surface area is 310 Å².